The highest BCUT2D eigenvalue weighted by Gasteiger charge is 2.24. The molecule has 0 aliphatic rings. The topological polar surface area (TPSA) is 54.5 Å². The van der Waals surface area contributed by atoms with E-state index in [1.807, 2.05) is 105 Å². The second-order valence-electron chi connectivity index (χ2n) is 8.84. The maximum atomic E-state index is 13.9. The molecule has 6 heteroatoms. The van der Waals surface area contributed by atoms with Crippen molar-refractivity contribution in [3.63, 3.8) is 0 Å². The predicted molar refractivity (Wildman–Crippen MR) is 160 cm³/mol. The Balaban J connectivity index is 1.71. The maximum absolute atomic E-state index is 13.9. The number of nitrogens with one attached hydrogen (secondary N) is 1. The van der Waals surface area contributed by atoms with Gasteiger partial charge in [0.25, 0.3) is 0 Å². The largest absolute Gasteiger partial charge is 0.497 e. The van der Waals surface area contributed by atoms with Gasteiger partial charge in [0.2, 0.25) is 0 Å². The van der Waals surface area contributed by atoms with Gasteiger partial charge in [-0.05, 0) is 85.0 Å². The molecule has 0 unspecified atom stereocenters. The Kier molecular flexibility index (Phi) is 7.10. The number of aryl methyl sites for hydroxylation is 2. The number of pyridine rings is 1. The fraction of sp³-hybridized carbons (Fsp3) is 0.0968. The average Bonchev–Trinajstić information content (AvgIpc) is 2.92. The summed E-state index contributed by atoms with van der Waals surface area (Å²) in [7, 11) is 1.65. The highest BCUT2D eigenvalue weighted by Crippen LogP contribution is 2.38. The summed E-state index contributed by atoms with van der Waals surface area (Å²) in [6, 6.07) is 31.3. The van der Waals surface area contributed by atoms with Crippen LogP contribution in [0.2, 0.25) is 0 Å². The Hall–Kier alpha value is -3.91. The molecular formula is C31H26IN3O2. The zero-order valence-electron chi connectivity index (χ0n) is 20.8. The normalized spacial score (nSPS) is 10.8. The molecule has 0 aliphatic carbocycles. The van der Waals surface area contributed by atoms with Gasteiger partial charge in [0, 0.05) is 25.6 Å². The number of methoxy groups -OCH3 is 1. The summed E-state index contributed by atoms with van der Waals surface area (Å²) in [5.41, 5.74) is 5.44. The smallest absolute Gasteiger partial charge is 0.332 e. The van der Waals surface area contributed by atoms with Crippen molar-refractivity contribution < 1.29 is 9.53 Å². The molecule has 5 aromatic rings. The Morgan fingerprint density at radius 1 is 0.811 bits per heavy atom. The Morgan fingerprint density at radius 3 is 2.03 bits per heavy atom. The van der Waals surface area contributed by atoms with Crippen LogP contribution in [0.15, 0.2) is 97.1 Å². The first-order valence-corrected chi connectivity index (χ1v) is 13.0. The number of urea groups is 1. The zero-order valence-corrected chi connectivity index (χ0v) is 23.0. The summed E-state index contributed by atoms with van der Waals surface area (Å²) >= 11 is 2.35. The van der Waals surface area contributed by atoms with E-state index in [1.54, 1.807) is 12.0 Å². The lowest BCUT2D eigenvalue weighted by Crippen LogP contribution is -2.32. The van der Waals surface area contributed by atoms with Crippen molar-refractivity contribution in [2.75, 3.05) is 17.3 Å². The van der Waals surface area contributed by atoms with Gasteiger partial charge >= 0.3 is 6.03 Å². The number of hydrogen-bond acceptors (Lipinski definition) is 3. The van der Waals surface area contributed by atoms with Crippen LogP contribution in [-0.4, -0.2) is 18.1 Å². The molecule has 0 aliphatic heterocycles. The predicted octanol–water partition coefficient (Wildman–Crippen LogP) is 8.50. The molecule has 0 saturated carbocycles. The molecule has 0 bridgehead atoms. The van der Waals surface area contributed by atoms with Crippen LogP contribution >= 0.6 is 22.6 Å². The molecule has 2 amide bonds. The molecule has 5 nitrogen and oxygen atoms in total. The van der Waals surface area contributed by atoms with Gasteiger partial charge < -0.3 is 10.1 Å². The molecule has 5 rings (SSSR count). The SMILES string of the molecule is COc1ccc(-c2nc(N(C(=O)Nc3ccc(C)cc3)c3ccc(C)cc3)c3ccccc3c2I)cc1. The Bertz CT molecular complexity index is 1560. The third kappa shape index (κ3) is 5.15. The fourth-order valence-corrected chi connectivity index (χ4v) is 5.07. The lowest BCUT2D eigenvalue weighted by molar-refractivity contribution is 0.259. The molecule has 1 heterocycles. The third-order valence-electron chi connectivity index (χ3n) is 6.20. The number of carbonyl (C=O) groups excluding carboxylic acids is 1. The van der Waals surface area contributed by atoms with Gasteiger partial charge in [-0.1, -0.05) is 59.7 Å². The van der Waals surface area contributed by atoms with Crippen LogP contribution in [0.25, 0.3) is 22.0 Å². The first-order valence-electron chi connectivity index (χ1n) is 11.9. The summed E-state index contributed by atoms with van der Waals surface area (Å²) in [5.74, 6) is 1.34. The molecule has 0 fully saturated rings. The van der Waals surface area contributed by atoms with Crippen molar-refractivity contribution in [3.8, 4) is 17.0 Å². The molecule has 0 saturated heterocycles. The van der Waals surface area contributed by atoms with E-state index in [0.717, 1.165) is 53.9 Å². The lowest BCUT2D eigenvalue weighted by atomic mass is 10.1. The second-order valence-corrected chi connectivity index (χ2v) is 9.92. The molecule has 0 radical (unpaired) electrons. The fourth-order valence-electron chi connectivity index (χ4n) is 4.17. The number of amides is 2. The first-order chi connectivity index (χ1) is 17.9. The third-order valence-corrected chi connectivity index (χ3v) is 7.30. The van der Waals surface area contributed by atoms with Crippen molar-refractivity contribution in [2.45, 2.75) is 13.8 Å². The quantitative estimate of drug-likeness (QED) is 0.206. The molecule has 1 aromatic heterocycles. The molecule has 184 valence electrons. The first kappa shape index (κ1) is 24.8. The van der Waals surface area contributed by atoms with E-state index in [0.29, 0.717) is 5.82 Å². The molecule has 0 spiro atoms. The van der Waals surface area contributed by atoms with Gasteiger partial charge in [-0.3, -0.25) is 0 Å². The minimum atomic E-state index is -0.285. The number of ether oxygens (including phenoxy) is 1. The minimum absolute atomic E-state index is 0.285. The summed E-state index contributed by atoms with van der Waals surface area (Å²) in [6.45, 7) is 4.05. The van der Waals surface area contributed by atoms with E-state index in [4.69, 9.17) is 9.72 Å². The van der Waals surface area contributed by atoms with Crippen molar-refractivity contribution in [1.82, 2.24) is 4.98 Å². The van der Waals surface area contributed by atoms with Crippen LogP contribution in [0.1, 0.15) is 11.1 Å². The minimum Gasteiger partial charge on any atom is -0.497 e. The number of anilines is 3. The molecule has 37 heavy (non-hydrogen) atoms. The number of fused-ring (bicyclic) bond motifs is 1. The Morgan fingerprint density at radius 2 is 1.41 bits per heavy atom. The summed E-state index contributed by atoms with van der Waals surface area (Å²) in [4.78, 5) is 20.7. The molecular weight excluding hydrogens is 573 g/mol. The van der Waals surface area contributed by atoms with Gasteiger partial charge in [0.1, 0.15) is 11.6 Å². The maximum Gasteiger partial charge on any atom is 0.332 e. The van der Waals surface area contributed by atoms with Crippen LogP contribution in [0.3, 0.4) is 0 Å². The number of rotatable bonds is 5. The van der Waals surface area contributed by atoms with Crippen LogP contribution in [0, 0.1) is 17.4 Å². The summed E-state index contributed by atoms with van der Waals surface area (Å²) in [5, 5.41) is 4.98. The van der Waals surface area contributed by atoms with Crippen LogP contribution in [-0.2, 0) is 0 Å². The van der Waals surface area contributed by atoms with Crippen LogP contribution in [0.5, 0.6) is 5.75 Å². The van der Waals surface area contributed by atoms with Crippen LogP contribution < -0.4 is 15.0 Å². The van der Waals surface area contributed by atoms with E-state index < -0.39 is 0 Å². The monoisotopic (exact) mass is 599 g/mol. The summed E-state index contributed by atoms with van der Waals surface area (Å²) in [6.07, 6.45) is 0. The second kappa shape index (κ2) is 10.6. The average molecular weight is 599 g/mol. The van der Waals surface area contributed by atoms with E-state index in [1.165, 1.54) is 0 Å². The number of hydrogen-bond donors (Lipinski definition) is 1. The molecule has 4 aromatic carbocycles. The highest BCUT2D eigenvalue weighted by molar-refractivity contribution is 14.1. The number of halogens is 1. The van der Waals surface area contributed by atoms with Gasteiger partial charge in [0.05, 0.1) is 18.5 Å². The molecule has 1 N–H and O–H groups in total. The van der Waals surface area contributed by atoms with Gasteiger partial charge in [0.15, 0.2) is 0 Å². The van der Waals surface area contributed by atoms with Gasteiger partial charge in [-0.15, -0.1) is 0 Å². The standard InChI is InChI=1S/C31H26IN3O2/c1-20-8-14-23(15-9-20)33-31(36)35(24-16-10-21(2)11-17-24)30-27-7-5-4-6-26(27)28(32)29(34-30)22-12-18-25(37-3)19-13-22/h4-19H,1-3H3,(H,33,36). The van der Waals surface area contributed by atoms with Crippen molar-refractivity contribution in [1.29, 1.82) is 0 Å². The van der Waals surface area contributed by atoms with E-state index in [-0.39, 0.29) is 6.03 Å². The highest BCUT2D eigenvalue weighted by atomic mass is 127. The number of aromatic nitrogens is 1. The zero-order chi connectivity index (χ0) is 25.9. The number of carbonyl (C=O) groups is 1. The van der Waals surface area contributed by atoms with E-state index >= 15 is 0 Å². The summed E-state index contributed by atoms with van der Waals surface area (Å²) < 4.78 is 6.37. The van der Waals surface area contributed by atoms with Crippen LogP contribution in [0.4, 0.5) is 22.0 Å². The van der Waals surface area contributed by atoms with Crippen molar-refractivity contribution in [2.24, 2.45) is 0 Å². The number of benzene rings is 4. The van der Waals surface area contributed by atoms with Crippen molar-refractivity contribution >= 4 is 56.6 Å². The molecule has 0 atom stereocenters. The Labute approximate surface area is 230 Å². The van der Waals surface area contributed by atoms with E-state index in [9.17, 15) is 4.79 Å². The van der Waals surface area contributed by atoms with E-state index in [2.05, 4.69) is 34.0 Å². The number of nitrogens with zero attached hydrogens (tertiary/aromatic N) is 2. The van der Waals surface area contributed by atoms with Gasteiger partial charge in [-0.25, -0.2) is 14.7 Å². The van der Waals surface area contributed by atoms with Crippen molar-refractivity contribution in [3.05, 3.63) is 112 Å². The van der Waals surface area contributed by atoms with Gasteiger partial charge in [-0.2, -0.15) is 0 Å². The lowest BCUT2D eigenvalue weighted by Gasteiger charge is -2.25.